The van der Waals surface area contributed by atoms with Gasteiger partial charge in [0.2, 0.25) is 0 Å². The maximum atomic E-state index is 12.4. The third-order valence-corrected chi connectivity index (χ3v) is 3.73. The number of amides is 1. The molecule has 1 aromatic carbocycles. The molecule has 0 aliphatic carbocycles. The first kappa shape index (κ1) is 16.0. The standard InChI is InChI=1S/C18H21N5O/c1-18(2,3)16-15(21-11-22-16)17(24)20-10-14-19-9-13(23-14)12-7-5-4-6-8-12/h4-9,11H,10H2,1-3H3,(H,19,23)(H,20,24)(H,21,22). The van der Waals surface area contributed by atoms with Crippen LogP contribution in [0, 0.1) is 0 Å². The van der Waals surface area contributed by atoms with Gasteiger partial charge in [0.1, 0.15) is 11.5 Å². The number of hydrogen-bond donors (Lipinski definition) is 3. The highest BCUT2D eigenvalue weighted by Crippen LogP contribution is 2.22. The summed E-state index contributed by atoms with van der Waals surface area (Å²) in [6.45, 7) is 6.43. The molecule has 3 rings (SSSR count). The van der Waals surface area contributed by atoms with Crippen molar-refractivity contribution in [3.05, 3.63) is 60.1 Å². The number of carbonyl (C=O) groups excluding carboxylic acids is 1. The van der Waals surface area contributed by atoms with Gasteiger partial charge in [0, 0.05) is 5.41 Å². The first-order valence-electron chi connectivity index (χ1n) is 7.86. The second-order valence-electron chi connectivity index (χ2n) is 6.67. The molecular weight excluding hydrogens is 302 g/mol. The van der Waals surface area contributed by atoms with E-state index in [2.05, 4.69) is 25.3 Å². The first-order valence-corrected chi connectivity index (χ1v) is 7.86. The highest BCUT2D eigenvalue weighted by atomic mass is 16.1. The van der Waals surface area contributed by atoms with Gasteiger partial charge in [0.25, 0.3) is 5.91 Å². The summed E-state index contributed by atoms with van der Waals surface area (Å²) in [5.74, 6) is 0.494. The van der Waals surface area contributed by atoms with Crippen molar-refractivity contribution in [3.63, 3.8) is 0 Å². The third-order valence-electron chi connectivity index (χ3n) is 3.73. The highest BCUT2D eigenvalue weighted by molar-refractivity contribution is 5.93. The second-order valence-corrected chi connectivity index (χ2v) is 6.67. The summed E-state index contributed by atoms with van der Waals surface area (Å²) < 4.78 is 0. The Balaban J connectivity index is 1.68. The Kier molecular flexibility index (Phi) is 4.20. The summed E-state index contributed by atoms with van der Waals surface area (Å²) in [6.07, 6.45) is 3.32. The van der Waals surface area contributed by atoms with Crippen molar-refractivity contribution >= 4 is 5.91 Å². The number of benzene rings is 1. The summed E-state index contributed by atoms with van der Waals surface area (Å²) in [6, 6.07) is 9.94. The Bertz CT molecular complexity index is 826. The van der Waals surface area contributed by atoms with Crippen molar-refractivity contribution < 1.29 is 4.79 Å². The van der Waals surface area contributed by atoms with E-state index in [1.807, 2.05) is 51.1 Å². The van der Waals surface area contributed by atoms with Crippen molar-refractivity contribution in [2.75, 3.05) is 0 Å². The summed E-state index contributed by atoms with van der Waals surface area (Å²) >= 11 is 0. The maximum absolute atomic E-state index is 12.4. The molecule has 0 saturated carbocycles. The highest BCUT2D eigenvalue weighted by Gasteiger charge is 2.24. The predicted octanol–water partition coefficient (Wildman–Crippen LogP) is 3.03. The molecular formula is C18H21N5O. The van der Waals surface area contributed by atoms with Gasteiger partial charge in [-0.2, -0.15) is 0 Å². The minimum absolute atomic E-state index is 0.172. The lowest BCUT2D eigenvalue weighted by Crippen LogP contribution is -2.27. The molecule has 0 atom stereocenters. The fourth-order valence-corrected chi connectivity index (χ4v) is 2.50. The van der Waals surface area contributed by atoms with Crippen LogP contribution in [-0.4, -0.2) is 25.8 Å². The van der Waals surface area contributed by atoms with E-state index in [4.69, 9.17) is 0 Å². The van der Waals surface area contributed by atoms with E-state index < -0.39 is 0 Å². The molecule has 0 bridgehead atoms. The Labute approximate surface area is 140 Å². The van der Waals surface area contributed by atoms with Crippen molar-refractivity contribution in [2.24, 2.45) is 0 Å². The first-order chi connectivity index (χ1) is 11.4. The fourth-order valence-electron chi connectivity index (χ4n) is 2.50. The average molecular weight is 323 g/mol. The molecule has 0 spiro atoms. The topological polar surface area (TPSA) is 86.5 Å². The molecule has 6 heteroatoms. The third kappa shape index (κ3) is 3.37. The Morgan fingerprint density at radius 1 is 1.17 bits per heavy atom. The van der Waals surface area contributed by atoms with Gasteiger partial charge in [-0.3, -0.25) is 4.79 Å². The van der Waals surface area contributed by atoms with E-state index in [9.17, 15) is 4.79 Å². The molecule has 0 aliphatic heterocycles. The van der Waals surface area contributed by atoms with Gasteiger partial charge < -0.3 is 15.3 Å². The lowest BCUT2D eigenvalue weighted by atomic mass is 9.90. The summed E-state index contributed by atoms with van der Waals surface area (Å²) in [4.78, 5) is 27.1. The minimum atomic E-state index is -0.209. The zero-order valence-electron chi connectivity index (χ0n) is 14.1. The molecule has 2 aromatic heterocycles. The van der Waals surface area contributed by atoms with Gasteiger partial charge in [-0.25, -0.2) is 9.97 Å². The van der Waals surface area contributed by atoms with Crippen molar-refractivity contribution in [1.82, 2.24) is 25.3 Å². The Morgan fingerprint density at radius 2 is 1.92 bits per heavy atom. The normalized spacial score (nSPS) is 11.5. The number of nitrogens with zero attached hydrogens (tertiary/aromatic N) is 2. The lowest BCUT2D eigenvalue weighted by Gasteiger charge is -2.17. The molecule has 24 heavy (non-hydrogen) atoms. The van der Waals surface area contributed by atoms with E-state index >= 15 is 0 Å². The number of nitrogens with one attached hydrogen (secondary N) is 3. The van der Waals surface area contributed by atoms with Crippen LogP contribution in [0.25, 0.3) is 11.3 Å². The van der Waals surface area contributed by atoms with Crippen LogP contribution >= 0.6 is 0 Å². The van der Waals surface area contributed by atoms with E-state index in [0.717, 1.165) is 17.0 Å². The summed E-state index contributed by atoms with van der Waals surface area (Å²) in [5, 5.41) is 2.86. The molecule has 6 nitrogen and oxygen atoms in total. The molecule has 0 fully saturated rings. The molecule has 3 N–H and O–H groups in total. The number of aromatic amines is 2. The minimum Gasteiger partial charge on any atom is -0.347 e. The number of rotatable bonds is 4. The summed E-state index contributed by atoms with van der Waals surface area (Å²) in [7, 11) is 0. The van der Waals surface area contributed by atoms with Gasteiger partial charge in [0.05, 0.1) is 30.5 Å². The van der Waals surface area contributed by atoms with Crippen LogP contribution in [0.1, 0.15) is 42.8 Å². The Hall–Kier alpha value is -2.89. The number of hydrogen-bond acceptors (Lipinski definition) is 3. The van der Waals surface area contributed by atoms with E-state index in [1.54, 1.807) is 12.5 Å². The maximum Gasteiger partial charge on any atom is 0.272 e. The molecule has 1 amide bonds. The van der Waals surface area contributed by atoms with Crippen LogP contribution in [0.3, 0.4) is 0 Å². The molecule has 3 aromatic rings. The van der Waals surface area contributed by atoms with Gasteiger partial charge in [-0.15, -0.1) is 0 Å². The van der Waals surface area contributed by atoms with Crippen LogP contribution in [0.15, 0.2) is 42.9 Å². The fraction of sp³-hybridized carbons (Fsp3) is 0.278. The van der Waals surface area contributed by atoms with Gasteiger partial charge in [0.15, 0.2) is 0 Å². The molecule has 0 saturated heterocycles. The number of carbonyl (C=O) groups is 1. The molecule has 0 unspecified atom stereocenters. The van der Waals surface area contributed by atoms with Crippen LogP contribution in [0.4, 0.5) is 0 Å². The Morgan fingerprint density at radius 3 is 2.62 bits per heavy atom. The van der Waals surface area contributed by atoms with Crippen LogP contribution in [0.2, 0.25) is 0 Å². The van der Waals surface area contributed by atoms with Crippen LogP contribution in [0.5, 0.6) is 0 Å². The van der Waals surface area contributed by atoms with Gasteiger partial charge >= 0.3 is 0 Å². The number of imidazole rings is 2. The van der Waals surface area contributed by atoms with Gasteiger partial charge in [-0.1, -0.05) is 51.1 Å². The lowest BCUT2D eigenvalue weighted by molar-refractivity contribution is 0.0943. The predicted molar refractivity (Wildman–Crippen MR) is 92.5 cm³/mol. The van der Waals surface area contributed by atoms with E-state index in [0.29, 0.717) is 18.1 Å². The summed E-state index contributed by atoms with van der Waals surface area (Å²) in [5.41, 5.74) is 3.07. The number of H-pyrrole nitrogens is 2. The van der Waals surface area contributed by atoms with E-state index in [1.165, 1.54) is 0 Å². The molecule has 124 valence electrons. The molecule has 0 radical (unpaired) electrons. The van der Waals surface area contributed by atoms with Crippen molar-refractivity contribution in [2.45, 2.75) is 32.7 Å². The monoisotopic (exact) mass is 323 g/mol. The smallest absolute Gasteiger partial charge is 0.272 e. The van der Waals surface area contributed by atoms with Crippen LogP contribution < -0.4 is 5.32 Å². The zero-order valence-corrected chi connectivity index (χ0v) is 14.1. The zero-order chi connectivity index (χ0) is 17.2. The van der Waals surface area contributed by atoms with Crippen molar-refractivity contribution in [3.8, 4) is 11.3 Å². The van der Waals surface area contributed by atoms with E-state index in [-0.39, 0.29) is 11.3 Å². The molecule has 0 aliphatic rings. The second kappa shape index (κ2) is 6.31. The van der Waals surface area contributed by atoms with Gasteiger partial charge in [-0.05, 0) is 5.56 Å². The molecule has 2 heterocycles. The largest absolute Gasteiger partial charge is 0.347 e. The number of aromatic nitrogens is 4. The quantitative estimate of drug-likeness (QED) is 0.690. The van der Waals surface area contributed by atoms with Crippen LogP contribution in [-0.2, 0) is 12.0 Å². The average Bonchev–Trinajstić information content (AvgIpc) is 3.22. The SMILES string of the molecule is CC(C)(C)c1[nH]cnc1C(=O)NCc1ncc(-c2ccccc2)[nH]1. The van der Waals surface area contributed by atoms with Crippen molar-refractivity contribution in [1.29, 1.82) is 0 Å².